The van der Waals surface area contributed by atoms with Gasteiger partial charge in [-0.1, -0.05) is 47.2 Å². The summed E-state index contributed by atoms with van der Waals surface area (Å²) in [6.07, 6.45) is 0. The van der Waals surface area contributed by atoms with Gasteiger partial charge in [0.05, 0.1) is 20.1 Å². The third-order valence-electron chi connectivity index (χ3n) is 6.50. The van der Waals surface area contributed by atoms with E-state index in [0.717, 1.165) is 58.7 Å². The summed E-state index contributed by atoms with van der Waals surface area (Å²) in [5.41, 5.74) is 2.98. The Morgan fingerprint density at radius 1 is 1.00 bits per heavy atom. The molecule has 1 saturated heterocycles. The number of hydrogen-bond donors (Lipinski definition) is 2. The summed E-state index contributed by atoms with van der Waals surface area (Å²) in [7, 11) is -3.67. The molecule has 1 aliphatic heterocycles. The maximum atomic E-state index is 12.6. The summed E-state index contributed by atoms with van der Waals surface area (Å²) >= 11 is 8.01. The second-order valence-electron chi connectivity index (χ2n) is 9.12. The minimum atomic E-state index is -3.67. The summed E-state index contributed by atoms with van der Waals surface area (Å²) < 4.78 is 28.5. The average Bonchev–Trinajstić information content (AvgIpc) is 3.39. The predicted molar refractivity (Wildman–Crippen MR) is 161 cm³/mol. The van der Waals surface area contributed by atoms with Gasteiger partial charge in [-0.2, -0.15) is 0 Å². The lowest BCUT2D eigenvalue weighted by Gasteiger charge is -2.34. The lowest BCUT2D eigenvalue weighted by Crippen LogP contribution is -2.48. The number of hydrogen-bond acceptors (Lipinski definition) is 7. The van der Waals surface area contributed by atoms with E-state index >= 15 is 0 Å². The number of carbonyl (C=O) groups excluding carboxylic acids is 1. The molecule has 39 heavy (non-hydrogen) atoms. The van der Waals surface area contributed by atoms with Crippen LogP contribution in [-0.2, 0) is 10.0 Å². The summed E-state index contributed by atoms with van der Waals surface area (Å²) in [6.45, 7) is 6.83. The summed E-state index contributed by atoms with van der Waals surface area (Å²) in [5, 5.41) is 4.70. The number of rotatable bonds is 8. The lowest BCUT2D eigenvalue weighted by atomic mass is 10.2. The summed E-state index contributed by atoms with van der Waals surface area (Å²) in [4.78, 5) is 22.2. The molecule has 1 aliphatic rings. The van der Waals surface area contributed by atoms with Gasteiger partial charge in [-0.25, -0.2) is 13.4 Å². The van der Waals surface area contributed by atoms with E-state index in [1.807, 2.05) is 12.1 Å². The molecule has 1 amide bonds. The van der Waals surface area contributed by atoms with E-state index in [0.29, 0.717) is 17.8 Å². The first-order chi connectivity index (χ1) is 18.3. The number of halogens is 2. The number of anilines is 2. The quantitative estimate of drug-likeness (QED) is 0.292. The monoisotopic (exact) mass is 605 g/mol. The zero-order chi connectivity index (χ0) is 26.7. The van der Waals surface area contributed by atoms with Crippen molar-refractivity contribution in [1.29, 1.82) is 0 Å². The number of nitrogens with zero attached hydrogens (tertiary/aromatic N) is 3. The third-order valence-corrected chi connectivity index (χ3v) is 9.47. The molecule has 0 saturated carbocycles. The molecule has 0 aliphatic carbocycles. The zero-order valence-corrected chi connectivity index (χ0v) is 24.5. The molecule has 8 nitrogen and oxygen atoms in total. The molecule has 2 heterocycles. The van der Waals surface area contributed by atoms with Gasteiger partial charge in [0.15, 0.2) is 5.13 Å². The highest BCUT2D eigenvalue weighted by Crippen LogP contribution is 2.35. The standard InChI is InChI=1S/C27H28ClN5O3S2.ClH/c1-19-7-12-23(28)25-24(19)30-27(37-25)33-17-15-32(16-18-33)14-13-29-26(34)20-8-10-21(11-9-20)31-38(35,36)22-5-3-2-4-6-22;/h2-12,31H,13-18H2,1H3,(H,29,34);1H. The topological polar surface area (TPSA) is 94.6 Å². The van der Waals surface area contributed by atoms with Crippen LogP contribution in [0.3, 0.4) is 0 Å². The van der Waals surface area contributed by atoms with Gasteiger partial charge in [0.2, 0.25) is 0 Å². The van der Waals surface area contributed by atoms with E-state index in [4.69, 9.17) is 16.6 Å². The number of carbonyl (C=O) groups is 1. The molecule has 4 aromatic rings. The molecule has 0 atom stereocenters. The number of thiazole rings is 1. The Kier molecular flexibility index (Phi) is 9.35. The predicted octanol–water partition coefficient (Wildman–Crippen LogP) is 5.03. The van der Waals surface area contributed by atoms with Crippen molar-refractivity contribution in [3.8, 4) is 0 Å². The van der Waals surface area contributed by atoms with E-state index in [1.54, 1.807) is 53.8 Å². The van der Waals surface area contributed by atoms with Crippen LogP contribution in [0.25, 0.3) is 10.2 Å². The maximum Gasteiger partial charge on any atom is 0.261 e. The van der Waals surface area contributed by atoms with Crippen LogP contribution in [0.4, 0.5) is 10.8 Å². The van der Waals surface area contributed by atoms with Crippen molar-refractivity contribution in [3.63, 3.8) is 0 Å². The Morgan fingerprint density at radius 2 is 1.69 bits per heavy atom. The molecule has 0 radical (unpaired) electrons. The number of nitrogens with one attached hydrogen (secondary N) is 2. The van der Waals surface area contributed by atoms with Crippen molar-refractivity contribution in [2.45, 2.75) is 11.8 Å². The van der Waals surface area contributed by atoms with Gasteiger partial charge in [0.25, 0.3) is 15.9 Å². The molecule has 3 aromatic carbocycles. The lowest BCUT2D eigenvalue weighted by molar-refractivity contribution is 0.0948. The van der Waals surface area contributed by atoms with E-state index in [9.17, 15) is 13.2 Å². The normalized spacial score (nSPS) is 14.2. The smallest absolute Gasteiger partial charge is 0.261 e. The van der Waals surface area contributed by atoms with E-state index in [1.165, 1.54) is 12.1 Å². The van der Waals surface area contributed by atoms with E-state index in [2.05, 4.69) is 26.8 Å². The minimum absolute atomic E-state index is 0. The van der Waals surface area contributed by atoms with Gasteiger partial charge in [-0.15, -0.1) is 12.4 Å². The fraction of sp³-hybridized carbons (Fsp3) is 0.259. The van der Waals surface area contributed by atoms with Crippen LogP contribution >= 0.6 is 35.3 Å². The van der Waals surface area contributed by atoms with Crippen molar-refractivity contribution >= 4 is 72.3 Å². The van der Waals surface area contributed by atoms with Crippen molar-refractivity contribution in [2.75, 3.05) is 48.9 Å². The molecule has 206 valence electrons. The van der Waals surface area contributed by atoms with Crippen LogP contribution in [-0.4, -0.2) is 63.5 Å². The highest BCUT2D eigenvalue weighted by atomic mass is 35.5. The molecule has 1 aromatic heterocycles. The minimum Gasteiger partial charge on any atom is -0.351 e. The summed E-state index contributed by atoms with van der Waals surface area (Å²) in [5.74, 6) is -0.192. The number of aromatic nitrogens is 1. The van der Waals surface area contributed by atoms with Gasteiger partial charge in [-0.05, 0) is 55.0 Å². The van der Waals surface area contributed by atoms with E-state index < -0.39 is 10.0 Å². The van der Waals surface area contributed by atoms with E-state index in [-0.39, 0.29) is 23.2 Å². The number of benzene rings is 3. The molecular weight excluding hydrogens is 577 g/mol. The second-order valence-corrected chi connectivity index (χ2v) is 12.2. The SMILES string of the molecule is Cc1ccc(Cl)c2sc(N3CCN(CCNC(=O)c4ccc(NS(=O)(=O)c5ccccc5)cc4)CC3)nc12.Cl. The zero-order valence-electron chi connectivity index (χ0n) is 21.3. The molecule has 0 bridgehead atoms. The summed E-state index contributed by atoms with van der Waals surface area (Å²) in [6, 6.07) is 18.5. The Labute approximate surface area is 243 Å². The molecule has 12 heteroatoms. The number of aryl methyl sites for hydroxylation is 1. The fourth-order valence-electron chi connectivity index (χ4n) is 4.32. The first-order valence-electron chi connectivity index (χ1n) is 12.3. The van der Waals surface area contributed by atoms with Gasteiger partial charge < -0.3 is 10.2 Å². The first-order valence-corrected chi connectivity index (χ1v) is 15.0. The Hall–Kier alpha value is -2.89. The maximum absolute atomic E-state index is 12.6. The van der Waals surface area contributed by atoms with Crippen LogP contribution in [0.15, 0.2) is 71.6 Å². The largest absolute Gasteiger partial charge is 0.351 e. The van der Waals surface area contributed by atoms with Crippen LogP contribution in [0.2, 0.25) is 5.02 Å². The molecule has 1 fully saturated rings. The van der Waals surface area contributed by atoms with Crippen molar-refractivity contribution in [3.05, 3.63) is 82.9 Å². The van der Waals surface area contributed by atoms with Gasteiger partial charge in [0, 0.05) is 50.5 Å². The number of fused-ring (bicyclic) bond motifs is 1. The number of amides is 1. The van der Waals surface area contributed by atoms with Gasteiger partial charge in [0.1, 0.15) is 0 Å². The van der Waals surface area contributed by atoms with Crippen LogP contribution in [0.5, 0.6) is 0 Å². The number of piperazine rings is 1. The van der Waals surface area contributed by atoms with Crippen LogP contribution < -0.4 is 14.9 Å². The van der Waals surface area contributed by atoms with Gasteiger partial charge >= 0.3 is 0 Å². The Balaban J connectivity index is 0.00000353. The highest BCUT2D eigenvalue weighted by molar-refractivity contribution is 7.92. The Morgan fingerprint density at radius 3 is 2.36 bits per heavy atom. The molecule has 2 N–H and O–H groups in total. The van der Waals surface area contributed by atoms with Gasteiger partial charge in [-0.3, -0.25) is 14.4 Å². The third kappa shape index (κ3) is 6.82. The highest BCUT2D eigenvalue weighted by Gasteiger charge is 2.21. The van der Waals surface area contributed by atoms with Crippen LogP contribution in [0.1, 0.15) is 15.9 Å². The second kappa shape index (κ2) is 12.5. The fourth-order valence-corrected chi connectivity index (χ4v) is 6.77. The average molecular weight is 607 g/mol. The molecule has 0 unspecified atom stereocenters. The van der Waals surface area contributed by atoms with Crippen molar-refractivity contribution in [2.24, 2.45) is 0 Å². The number of sulfonamides is 1. The van der Waals surface area contributed by atoms with Crippen molar-refractivity contribution < 1.29 is 13.2 Å². The molecule has 5 rings (SSSR count). The first kappa shape index (κ1) is 29.1. The molecule has 0 spiro atoms. The Bertz CT molecular complexity index is 1500. The molecular formula is C27H29Cl2N5O3S2. The van der Waals surface area contributed by atoms with Crippen molar-refractivity contribution in [1.82, 2.24) is 15.2 Å². The van der Waals surface area contributed by atoms with Crippen LogP contribution in [0, 0.1) is 6.92 Å².